The van der Waals surface area contributed by atoms with Crippen molar-refractivity contribution in [1.29, 1.82) is 0 Å². The highest BCUT2D eigenvalue weighted by atomic mass is 19.3. The molecule has 0 spiro atoms. The van der Waals surface area contributed by atoms with Crippen molar-refractivity contribution in [3.05, 3.63) is 59.4 Å². The molecule has 0 fully saturated rings. The summed E-state index contributed by atoms with van der Waals surface area (Å²) in [7, 11) is 0. The summed E-state index contributed by atoms with van der Waals surface area (Å²) in [6.45, 7) is 0.799. The maximum atomic E-state index is 12.1. The predicted molar refractivity (Wildman–Crippen MR) is 77.9 cm³/mol. The zero-order chi connectivity index (χ0) is 16.1. The van der Waals surface area contributed by atoms with E-state index in [-0.39, 0.29) is 17.7 Å². The van der Waals surface area contributed by atoms with Crippen LogP contribution >= 0.6 is 0 Å². The van der Waals surface area contributed by atoms with Gasteiger partial charge in [-0.2, -0.15) is 8.78 Å². The largest absolute Gasteiger partial charge is 0.435 e. The van der Waals surface area contributed by atoms with Crippen molar-refractivity contribution in [3.63, 3.8) is 0 Å². The van der Waals surface area contributed by atoms with Crippen LogP contribution in [0.25, 0.3) is 0 Å². The van der Waals surface area contributed by atoms with Gasteiger partial charge in [0.05, 0.1) is 11.6 Å². The third kappa shape index (κ3) is 4.25. The fraction of sp³-hybridized carbons (Fsp3) is 0.250. The van der Waals surface area contributed by atoms with Crippen LogP contribution in [-0.4, -0.2) is 17.5 Å². The Labute approximate surface area is 127 Å². The van der Waals surface area contributed by atoms with E-state index in [4.69, 9.17) is 0 Å². The molecule has 0 unspecified atom stereocenters. The number of alkyl halides is 2. The first-order valence-corrected chi connectivity index (χ1v) is 6.74. The number of benzene rings is 1. The molecule has 2 aromatic rings. The first kappa shape index (κ1) is 15.9. The molecular weight excluding hydrogens is 290 g/mol. The van der Waals surface area contributed by atoms with E-state index in [9.17, 15) is 13.6 Å². The van der Waals surface area contributed by atoms with Crippen LogP contribution in [0.3, 0.4) is 0 Å². The van der Waals surface area contributed by atoms with Gasteiger partial charge in [0.1, 0.15) is 5.75 Å². The highest BCUT2D eigenvalue weighted by Gasteiger charge is 2.12. The van der Waals surface area contributed by atoms with E-state index < -0.39 is 6.61 Å². The SMILES string of the molecule is Cc1ccc(C(=O)N[C@@H](C)c2ccc(OC(F)F)cc2)cn1. The van der Waals surface area contributed by atoms with E-state index in [2.05, 4.69) is 15.0 Å². The Kier molecular flexibility index (Phi) is 5.04. The van der Waals surface area contributed by atoms with Gasteiger partial charge in [0, 0.05) is 11.9 Å². The van der Waals surface area contributed by atoms with Crippen molar-refractivity contribution in [2.24, 2.45) is 0 Å². The van der Waals surface area contributed by atoms with Crippen molar-refractivity contribution in [1.82, 2.24) is 10.3 Å². The summed E-state index contributed by atoms with van der Waals surface area (Å²) in [6, 6.07) is 9.34. The monoisotopic (exact) mass is 306 g/mol. The first-order chi connectivity index (χ1) is 10.5. The Morgan fingerprint density at radius 1 is 1.18 bits per heavy atom. The number of rotatable bonds is 5. The highest BCUT2D eigenvalue weighted by molar-refractivity contribution is 5.94. The summed E-state index contributed by atoms with van der Waals surface area (Å²) in [5.41, 5.74) is 2.09. The molecule has 4 nitrogen and oxygen atoms in total. The minimum atomic E-state index is -2.85. The molecule has 0 saturated heterocycles. The number of amides is 1. The number of aromatic nitrogens is 1. The van der Waals surface area contributed by atoms with Crippen LogP contribution < -0.4 is 10.1 Å². The molecule has 1 aromatic heterocycles. The second kappa shape index (κ2) is 6.98. The van der Waals surface area contributed by atoms with Gasteiger partial charge in [0.25, 0.3) is 5.91 Å². The molecule has 1 heterocycles. The average Bonchev–Trinajstić information content (AvgIpc) is 2.48. The van der Waals surface area contributed by atoms with Gasteiger partial charge in [-0.15, -0.1) is 0 Å². The van der Waals surface area contributed by atoms with E-state index in [0.29, 0.717) is 5.56 Å². The van der Waals surface area contributed by atoms with Gasteiger partial charge in [-0.3, -0.25) is 9.78 Å². The number of aryl methyl sites for hydroxylation is 1. The Morgan fingerprint density at radius 3 is 2.41 bits per heavy atom. The second-order valence-corrected chi connectivity index (χ2v) is 4.83. The summed E-state index contributed by atoms with van der Waals surface area (Å²) >= 11 is 0. The quantitative estimate of drug-likeness (QED) is 0.920. The van der Waals surface area contributed by atoms with Crippen molar-refractivity contribution >= 4 is 5.91 Å². The van der Waals surface area contributed by atoms with Gasteiger partial charge in [-0.25, -0.2) is 0 Å². The lowest BCUT2D eigenvalue weighted by Crippen LogP contribution is -2.26. The molecule has 116 valence electrons. The third-order valence-electron chi connectivity index (χ3n) is 3.13. The lowest BCUT2D eigenvalue weighted by molar-refractivity contribution is -0.0498. The molecule has 1 aromatic carbocycles. The Morgan fingerprint density at radius 2 is 1.86 bits per heavy atom. The van der Waals surface area contributed by atoms with Crippen LogP contribution in [0.2, 0.25) is 0 Å². The zero-order valence-electron chi connectivity index (χ0n) is 12.2. The summed E-state index contributed by atoms with van der Waals surface area (Å²) in [4.78, 5) is 16.1. The molecule has 1 N–H and O–H groups in total. The average molecular weight is 306 g/mol. The molecule has 22 heavy (non-hydrogen) atoms. The molecule has 0 aliphatic rings. The molecule has 0 aliphatic heterocycles. The van der Waals surface area contributed by atoms with Crippen molar-refractivity contribution in [3.8, 4) is 5.75 Å². The van der Waals surface area contributed by atoms with Crippen LogP contribution in [0, 0.1) is 6.92 Å². The topological polar surface area (TPSA) is 51.2 Å². The fourth-order valence-electron chi connectivity index (χ4n) is 1.90. The maximum absolute atomic E-state index is 12.1. The van der Waals surface area contributed by atoms with E-state index in [1.807, 2.05) is 13.8 Å². The number of halogens is 2. The molecule has 0 radical (unpaired) electrons. The smallest absolute Gasteiger partial charge is 0.387 e. The number of hydrogen-bond acceptors (Lipinski definition) is 3. The number of hydrogen-bond donors (Lipinski definition) is 1. The molecular formula is C16H16F2N2O2. The van der Waals surface area contributed by atoms with E-state index in [1.54, 1.807) is 24.3 Å². The fourth-order valence-corrected chi connectivity index (χ4v) is 1.90. The number of pyridine rings is 1. The number of nitrogens with zero attached hydrogens (tertiary/aromatic N) is 1. The minimum absolute atomic E-state index is 0.0833. The van der Waals surface area contributed by atoms with Gasteiger partial charge in [-0.1, -0.05) is 12.1 Å². The number of nitrogens with one attached hydrogen (secondary N) is 1. The normalized spacial score (nSPS) is 12.0. The highest BCUT2D eigenvalue weighted by Crippen LogP contribution is 2.19. The second-order valence-electron chi connectivity index (χ2n) is 4.83. The van der Waals surface area contributed by atoms with Crippen LogP contribution in [0.1, 0.15) is 34.6 Å². The van der Waals surface area contributed by atoms with Crippen LogP contribution in [-0.2, 0) is 0 Å². The Hall–Kier alpha value is -2.50. The number of carbonyl (C=O) groups is 1. The molecule has 2 rings (SSSR count). The molecule has 0 aliphatic carbocycles. The first-order valence-electron chi connectivity index (χ1n) is 6.74. The summed E-state index contributed by atoms with van der Waals surface area (Å²) in [5.74, 6) is -0.159. The molecule has 0 bridgehead atoms. The Bertz CT molecular complexity index is 628. The van der Waals surface area contributed by atoms with Crippen molar-refractivity contribution in [2.45, 2.75) is 26.5 Å². The predicted octanol–water partition coefficient (Wildman–Crippen LogP) is 3.48. The molecule has 6 heteroatoms. The van der Waals surface area contributed by atoms with E-state index in [0.717, 1.165) is 11.3 Å². The summed E-state index contributed by atoms with van der Waals surface area (Å²) in [5, 5.41) is 2.82. The maximum Gasteiger partial charge on any atom is 0.387 e. The third-order valence-corrected chi connectivity index (χ3v) is 3.13. The lowest BCUT2D eigenvalue weighted by atomic mass is 10.1. The van der Waals surface area contributed by atoms with Gasteiger partial charge in [0.15, 0.2) is 0 Å². The van der Waals surface area contributed by atoms with Gasteiger partial charge >= 0.3 is 6.61 Å². The van der Waals surface area contributed by atoms with E-state index >= 15 is 0 Å². The van der Waals surface area contributed by atoms with Crippen molar-refractivity contribution in [2.75, 3.05) is 0 Å². The molecule has 1 amide bonds. The van der Waals surface area contributed by atoms with Gasteiger partial charge < -0.3 is 10.1 Å². The minimum Gasteiger partial charge on any atom is -0.435 e. The Balaban J connectivity index is 2.00. The molecule has 0 saturated carbocycles. The van der Waals surface area contributed by atoms with Crippen LogP contribution in [0.15, 0.2) is 42.6 Å². The summed E-state index contributed by atoms with van der Waals surface area (Å²) in [6.07, 6.45) is 1.51. The molecule has 1 atom stereocenters. The summed E-state index contributed by atoms with van der Waals surface area (Å²) < 4.78 is 28.4. The number of ether oxygens (including phenoxy) is 1. The van der Waals surface area contributed by atoms with Gasteiger partial charge in [0.2, 0.25) is 0 Å². The van der Waals surface area contributed by atoms with Crippen molar-refractivity contribution < 1.29 is 18.3 Å². The van der Waals surface area contributed by atoms with Gasteiger partial charge in [-0.05, 0) is 43.7 Å². The zero-order valence-corrected chi connectivity index (χ0v) is 12.2. The standard InChI is InChI=1S/C16H16F2N2O2/c1-10-3-4-13(9-19-10)15(21)20-11(2)12-5-7-14(8-6-12)22-16(17)18/h3-9,11,16H,1-2H3,(H,20,21)/t11-/m0/s1. The van der Waals surface area contributed by atoms with E-state index in [1.165, 1.54) is 18.3 Å². The number of carbonyl (C=O) groups excluding carboxylic acids is 1. The van der Waals surface area contributed by atoms with Crippen LogP contribution in [0.4, 0.5) is 8.78 Å². The lowest BCUT2D eigenvalue weighted by Gasteiger charge is -2.15. The van der Waals surface area contributed by atoms with Crippen LogP contribution in [0.5, 0.6) is 5.75 Å².